The quantitative estimate of drug-likeness (QED) is 0.823. The van der Waals surface area contributed by atoms with Crippen molar-refractivity contribution in [1.82, 2.24) is 0 Å². The summed E-state index contributed by atoms with van der Waals surface area (Å²) in [6.45, 7) is 6.42. The minimum Gasteiger partial charge on any atom is -0.382 e. The molecule has 88 valence electrons. The summed E-state index contributed by atoms with van der Waals surface area (Å²) in [5, 5.41) is 3.59. The first-order valence-corrected chi connectivity index (χ1v) is 6.12. The molecule has 0 saturated carbocycles. The van der Waals surface area contributed by atoms with E-state index in [9.17, 15) is 0 Å². The number of ether oxygens (including phenoxy) is 1. The molecule has 1 saturated heterocycles. The smallest absolute Gasteiger partial charge is 0.0570 e. The van der Waals surface area contributed by atoms with E-state index in [2.05, 4.69) is 50.4 Å². The summed E-state index contributed by atoms with van der Waals surface area (Å²) < 4.78 is 5.73. The van der Waals surface area contributed by atoms with Crippen molar-refractivity contribution in [3.63, 3.8) is 0 Å². The van der Waals surface area contributed by atoms with Crippen molar-refractivity contribution < 1.29 is 4.74 Å². The van der Waals surface area contributed by atoms with Gasteiger partial charge >= 0.3 is 0 Å². The average Bonchev–Trinajstić information content (AvgIpc) is 2.20. The van der Waals surface area contributed by atoms with Gasteiger partial charge in [-0.1, -0.05) is 17.7 Å². The molecule has 2 unspecified atom stereocenters. The largest absolute Gasteiger partial charge is 0.382 e. The third kappa shape index (κ3) is 2.99. The molecule has 1 aliphatic rings. The fourth-order valence-corrected chi connectivity index (χ4v) is 2.41. The number of nitrogens with one attached hydrogen (secondary N) is 1. The number of anilines is 1. The molecule has 1 N–H and O–H groups in total. The van der Waals surface area contributed by atoms with E-state index < -0.39 is 0 Å². The van der Waals surface area contributed by atoms with Crippen LogP contribution in [0, 0.1) is 6.92 Å². The summed E-state index contributed by atoms with van der Waals surface area (Å²) in [6.07, 6.45) is 2.93. The van der Waals surface area contributed by atoms with Gasteiger partial charge in [0, 0.05) is 11.7 Å². The molecule has 1 aromatic carbocycles. The number of aryl methyl sites for hydroxylation is 1. The Morgan fingerprint density at radius 2 is 1.62 bits per heavy atom. The summed E-state index contributed by atoms with van der Waals surface area (Å²) in [6, 6.07) is 9.14. The second-order valence-corrected chi connectivity index (χ2v) is 4.94. The van der Waals surface area contributed by atoms with Gasteiger partial charge in [0.1, 0.15) is 0 Å². The van der Waals surface area contributed by atoms with Crippen LogP contribution in [0.1, 0.15) is 32.3 Å². The number of benzene rings is 1. The van der Waals surface area contributed by atoms with Crippen molar-refractivity contribution in [3.05, 3.63) is 29.8 Å². The Balaban J connectivity index is 1.96. The number of rotatable bonds is 2. The molecule has 0 spiro atoms. The van der Waals surface area contributed by atoms with Gasteiger partial charge in [-0.05, 0) is 45.7 Å². The van der Waals surface area contributed by atoms with Crippen molar-refractivity contribution >= 4 is 5.69 Å². The van der Waals surface area contributed by atoms with E-state index in [1.54, 1.807) is 0 Å². The van der Waals surface area contributed by atoms with Crippen LogP contribution in [0.2, 0.25) is 0 Å². The Morgan fingerprint density at radius 3 is 2.19 bits per heavy atom. The zero-order chi connectivity index (χ0) is 11.5. The molecule has 1 heterocycles. The van der Waals surface area contributed by atoms with Crippen LogP contribution >= 0.6 is 0 Å². The molecule has 0 aromatic heterocycles. The molecular formula is C14H21NO. The summed E-state index contributed by atoms with van der Waals surface area (Å²) in [5.74, 6) is 0. The van der Waals surface area contributed by atoms with Gasteiger partial charge in [-0.2, -0.15) is 0 Å². The second kappa shape index (κ2) is 4.88. The van der Waals surface area contributed by atoms with Gasteiger partial charge < -0.3 is 10.1 Å². The van der Waals surface area contributed by atoms with E-state index in [-0.39, 0.29) is 0 Å². The molecule has 2 nitrogen and oxygen atoms in total. The van der Waals surface area contributed by atoms with E-state index in [1.807, 2.05) is 0 Å². The van der Waals surface area contributed by atoms with Gasteiger partial charge in [0.15, 0.2) is 0 Å². The van der Waals surface area contributed by atoms with Gasteiger partial charge in [-0.3, -0.25) is 0 Å². The highest BCUT2D eigenvalue weighted by Gasteiger charge is 2.23. The second-order valence-electron chi connectivity index (χ2n) is 4.94. The van der Waals surface area contributed by atoms with Crippen LogP contribution in [-0.2, 0) is 4.74 Å². The molecular weight excluding hydrogens is 198 g/mol. The van der Waals surface area contributed by atoms with Crippen LogP contribution in [0.25, 0.3) is 0 Å². The maximum absolute atomic E-state index is 5.73. The minimum absolute atomic E-state index is 0.367. The number of hydrogen-bond donors (Lipinski definition) is 1. The van der Waals surface area contributed by atoms with Crippen molar-refractivity contribution in [2.45, 2.75) is 51.9 Å². The monoisotopic (exact) mass is 219 g/mol. The first-order chi connectivity index (χ1) is 7.63. The van der Waals surface area contributed by atoms with Crippen LogP contribution in [0.3, 0.4) is 0 Å². The fraction of sp³-hybridized carbons (Fsp3) is 0.571. The molecule has 0 bridgehead atoms. The van der Waals surface area contributed by atoms with Crippen LogP contribution in [0.15, 0.2) is 24.3 Å². The minimum atomic E-state index is 0.367. The Bertz CT molecular complexity index is 323. The highest BCUT2D eigenvalue weighted by Crippen LogP contribution is 2.22. The van der Waals surface area contributed by atoms with Gasteiger partial charge in [0.25, 0.3) is 0 Å². The molecule has 2 rings (SSSR count). The Labute approximate surface area is 98.0 Å². The molecule has 1 aliphatic heterocycles. The van der Waals surface area contributed by atoms with E-state index >= 15 is 0 Å². The third-order valence-electron chi connectivity index (χ3n) is 3.12. The summed E-state index contributed by atoms with van der Waals surface area (Å²) in [5.41, 5.74) is 2.52. The number of hydrogen-bond acceptors (Lipinski definition) is 2. The van der Waals surface area contributed by atoms with E-state index in [0.29, 0.717) is 18.2 Å². The van der Waals surface area contributed by atoms with Crippen molar-refractivity contribution in [2.24, 2.45) is 0 Å². The molecule has 1 fully saturated rings. The van der Waals surface area contributed by atoms with Crippen molar-refractivity contribution in [3.8, 4) is 0 Å². The predicted octanol–water partition coefficient (Wildman–Crippen LogP) is 3.36. The normalized spacial score (nSPS) is 30.1. The van der Waals surface area contributed by atoms with Gasteiger partial charge in [0.05, 0.1) is 12.2 Å². The van der Waals surface area contributed by atoms with Crippen molar-refractivity contribution in [1.29, 1.82) is 0 Å². The van der Waals surface area contributed by atoms with E-state index in [0.717, 1.165) is 12.8 Å². The molecule has 0 amide bonds. The summed E-state index contributed by atoms with van der Waals surface area (Å²) >= 11 is 0. The fourth-order valence-electron chi connectivity index (χ4n) is 2.41. The molecule has 0 aliphatic carbocycles. The van der Waals surface area contributed by atoms with Gasteiger partial charge in [-0.15, -0.1) is 0 Å². The standard InChI is InChI=1S/C14H21NO/c1-10-4-6-13(7-5-10)15-14-8-11(2)16-12(3)9-14/h4-7,11-12,14-15H,8-9H2,1-3H3. The first kappa shape index (κ1) is 11.5. The molecule has 2 heteroatoms. The first-order valence-electron chi connectivity index (χ1n) is 6.12. The maximum Gasteiger partial charge on any atom is 0.0570 e. The van der Waals surface area contributed by atoms with Crippen LogP contribution in [0.4, 0.5) is 5.69 Å². The third-order valence-corrected chi connectivity index (χ3v) is 3.12. The lowest BCUT2D eigenvalue weighted by Crippen LogP contribution is -2.36. The van der Waals surface area contributed by atoms with Gasteiger partial charge in [-0.25, -0.2) is 0 Å². The molecule has 1 aromatic rings. The van der Waals surface area contributed by atoms with Crippen molar-refractivity contribution in [2.75, 3.05) is 5.32 Å². The topological polar surface area (TPSA) is 21.3 Å². The van der Waals surface area contributed by atoms with E-state index in [1.165, 1.54) is 11.3 Å². The Kier molecular flexibility index (Phi) is 3.49. The summed E-state index contributed by atoms with van der Waals surface area (Å²) in [7, 11) is 0. The predicted molar refractivity (Wildman–Crippen MR) is 67.8 cm³/mol. The Morgan fingerprint density at radius 1 is 1.06 bits per heavy atom. The maximum atomic E-state index is 5.73. The van der Waals surface area contributed by atoms with Crippen LogP contribution in [0.5, 0.6) is 0 Å². The lowest BCUT2D eigenvalue weighted by atomic mass is 9.99. The molecule has 0 radical (unpaired) electrons. The zero-order valence-corrected chi connectivity index (χ0v) is 10.4. The van der Waals surface area contributed by atoms with E-state index in [4.69, 9.17) is 4.74 Å². The average molecular weight is 219 g/mol. The van der Waals surface area contributed by atoms with Crippen LogP contribution in [-0.4, -0.2) is 18.2 Å². The highest BCUT2D eigenvalue weighted by molar-refractivity contribution is 5.45. The summed E-state index contributed by atoms with van der Waals surface area (Å²) in [4.78, 5) is 0. The highest BCUT2D eigenvalue weighted by atomic mass is 16.5. The lowest BCUT2D eigenvalue weighted by Gasteiger charge is -2.33. The zero-order valence-electron chi connectivity index (χ0n) is 10.4. The lowest BCUT2D eigenvalue weighted by molar-refractivity contribution is -0.0337. The van der Waals surface area contributed by atoms with Crippen LogP contribution < -0.4 is 5.32 Å². The van der Waals surface area contributed by atoms with Gasteiger partial charge in [0.2, 0.25) is 0 Å². The molecule has 16 heavy (non-hydrogen) atoms. The Hall–Kier alpha value is -1.02. The SMILES string of the molecule is Cc1ccc(NC2CC(C)OC(C)C2)cc1. The molecule has 2 atom stereocenters.